The van der Waals surface area contributed by atoms with E-state index in [1.807, 2.05) is 39.0 Å². The van der Waals surface area contributed by atoms with E-state index < -0.39 is 0 Å². The van der Waals surface area contributed by atoms with Gasteiger partial charge in [-0.25, -0.2) is 4.68 Å². The summed E-state index contributed by atoms with van der Waals surface area (Å²) in [5.74, 6) is 0.752. The summed E-state index contributed by atoms with van der Waals surface area (Å²) in [4.78, 5) is 11.9. The van der Waals surface area contributed by atoms with E-state index >= 15 is 0 Å². The Labute approximate surface area is 133 Å². The average Bonchev–Trinajstić information content (AvgIpc) is 3.23. The quantitative estimate of drug-likeness (QED) is 0.854. The lowest BCUT2D eigenvalue weighted by atomic mass is 10.4. The molecule has 1 aliphatic rings. The summed E-state index contributed by atoms with van der Waals surface area (Å²) in [6.07, 6.45) is 2.19. The third-order valence-electron chi connectivity index (χ3n) is 3.44. The smallest absolute Gasteiger partial charge is 0.233 e. The third-order valence-corrected chi connectivity index (χ3v) is 4.47. The molecule has 1 aliphatic carbocycles. The van der Waals surface area contributed by atoms with Crippen LogP contribution in [0.1, 0.15) is 31.2 Å². The van der Waals surface area contributed by atoms with Crippen molar-refractivity contribution in [2.75, 3.05) is 0 Å². The summed E-state index contributed by atoms with van der Waals surface area (Å²) in [7, 11) is 0. The number of rotatable bonds is 5. The lowest BCUT2D eigenvalue weighted by Gasteiger charge is -2.10. The van der Waals surface area contributed by atoms with Gasteiger partial charge in [-0.2, -0.15) is 5.10 Å². The predicted molar refractivity (Wildman–Crippen MR) is 85.1 cm³/mol. The summed E-state index contributed by atoms with van der Waals surface area (Å²) in [5.41, 5.74) is 1.97. The summed E-state index contributed by atoms with van der Waals surface area (Å²) in [6.45, 7) is 5.81. The van der Waals surface area contributed by atoms with Gasteiger partial charge in [-0.05, 0) is 51.8 Å². The first kappa shape index (κ1) is 15.0. The number of carbonyl (C=O) groups excluding carboxylic acids is 1. The molecular formula is C15H19N5OS. The minimum atomic E-state index is -0.172. The molecule has 0 bridgehead atoms. The molecule has 1 atom stereocenters. The number of thioether (sulfide) groups is 1. The molecule has 0 aliphatic heterocycles. The Morgan fingerprint density at radius 2 is 2.14 bits per heavy atom. The van der Waals surface area contributed by atoms with Gasteiger partial charge < -0.3 is 5.32 Å². The van der Waals surface area contributed by atoms with Gasteiger partial charge in [-0.3, -0.25) is 4.79 Å². The second kappa shape index (κ2) is 6.08. The van der Waals surface area contributed by atoms with Gasteiger partial charge in [0, 0.05) is 11.7 Å². The Hall–Kier alpha value is -1.89. The standard InChI is InChI=1S/C15H19N5OS/c1-9-8-10(2)20(19-9)13-6-7-14(18-17-13)22-11(3)15(21)16-12-4-5-12/h6-8,11-12H,4-5H2,1-3H3,(H,16,21)/t11-/m1/s1. The van der Waals surface area contributed by atoms with Crippen LogP contribution >= 0.6 is 11.8 Å². The fraction of sp³-hybridized carbons (Fsp3) is 0.467. The molecule has 1 saturated carbocycles. The molecule has 0 spiro atoms. The Balaban J connectivity index is 1.66. The number of amides is 1. The minimum absolute atomic E-state index is 0.0666. The van der Waals surface area contributed by atoms with E-state index in [-0.39, 0.29) is 11.2 Å². The van der Waals surface area contributed by atoms with Gasteiger partial charge in [0.25, 0.3) is 0 Å². The van der Waals surface area contributed by atoms with Crippen molar-refractivity contribution in [2.24, 2.45) is 0 Å². The van der Waals surface area contributed by atoms with Gasteiger partial charge in [0.1, 0.15) is 5.03 Å². The van der Waals surface area contributed by atoms with Crippen LogP contribution in [0.25, 0.3) is 5.82 Å². The number of nitrogens with one attached hydrogen (secondary N) is 1. The third kappa shape index (κ3) is 3.47. The van der Waals surface area contributed by atoms with Crippen LogP contribution in [0.3, 0.4) is 0 Å². The predicted octanol–water partition coefficient (Wildman–Crippen LogP) is 2.04. The molecule has 1 amide bonds. The normalized spacial score (nSPS) is 15.6. The molecular weight excluding hydrogens is 298 g/mol. The maximum absolute atomic E-state index is 11.9. The van der Waals surface area contributed by atoms with Crippen LogP contribution in [0.4, 0.5) is 0 Å². The fourth-order valence-corrected chi connectivity index (χ4v) is 2.90. The highest BCUT2D eigenvalue weighted by Crippen LogP contribution is 2.24. The van der Waals surface area contributed by atoms with Gasteiger partial charge in [0.2, 0.25) is 5.91 Å². The molecule has 1 N–H and O–H groups in total. The first-order valence-corrected chi connectivity index (χ1v) is 8.25. The van der Waals surface area contributed by atoms with E-state index in [1.165, 1.54) is 11.8 Å². The Morgan fingerprint density at radius 1 is 1.36 bits per heavy atom. The molecule has 2 heterocycles. The van der Waals surface area contributed by atoms with Crippen LogP contribution < -0.4 is 5.32 Å². The zero-order chi connectivity index (χ0) is 15.7. The van der Waals surface area contributed by atoms with E-state index in [2.05, 4.69) is 20.6 Å². The van der Waals surface area contributed by atoms with Crippen molar-refractivity contribution >= 4 is 17.7 Å². The second-order valence-electron chi connectivity index (χ2n) is 5.61. The van der Waals surface area contributed by atoms with Crippen LogP contribution in [0.5, 0.6) is 0 Å². The van der Waals surface area contributed by atoms with Crippen molar-refractivity contribution in [1.82, 2.24) is 25.3 Å². The van der Waals surface area contributed by atoms with E-state index in [0.29, 0.717) is 11.9 Å². The van der Waals surface area contributed by atoms with Crippen molar-refractivity contribution in [3.8, 4) is 5.82 Å². The monoisotopic (exact) mass is 317 g/mol. The molecule has 1 fully saturated rings. The van der Waals surface area contributed by atoms with Gasteiger partial charge in [-0.1, -0.05) is 11.8 Å². The number of hydrogen-bond acceptors (Lipinski definition) is 5. The highest BCUT2D eigenvalue weighted by atomic mass is 32.2. The van der Waals surface area contributed by atoms with Gasteiger partial charge in [-0.15, -0.1) is 10.2 Å². The SMILES string of the molecule is Cc1cc(C)n(-c2ccc(S[C@H](C)C(=O)NC3CC3)nn2)n1. The molecule has 2 aromatic heterocycles. The topological polar surface area (TPSA) is 72.7 Å². The Kier molecular flexibility index (Phi) is 4.15. The molecule has 0 radical (unpaired) electrons. The number of carbonyl (C=O) groups is 1. The zero-order valence-electron chi connectivity index (χ0n) is 12.9. The van der Waals surface area contributed by atoms with Crippen LogP contribution in [0, 0.1) is 13.8 Å². The Bertz CT molecular complexity index is 678. The summed E-state index contributed by atoms with van der Waals surface area (Å²) < 4.78 is 1.76. The van der Waals surface area contributed by atoms with Crippen molar-refractivity contribution in [3.05, 3.63) is 29.6 Å². The van der Waals surface area contributed by atoms with Crippen molar-refractivity contribution < 1.29 is 4.79 Å². The molecule has 6 nitrogen and oxygen atoms in total. The van der Waals surface area contributed by atoms with Gasteiger partial charge >= 0.3 is 0 Å². The van der Waals surface area contributed by atoms with Gasteiger partial charge in [0.05, 0.1) is 10.9 Å². The molecule has 116 valence electrons. The summed E-state index contributed by atoms with van der Waals surface area (Å²) >= 11 is 1.42. The number of aryl methyl sites for hydroxylation is 2. The molecule has 22 heavy (non-hydrogen) atoms. The van der Waals surface area contributed by atoms with Crippen molar-refractivity contribution in [1.29, 1.82) is 0 Å². The average molecular weight is 317 g/mol. The highest BCUT2D eigenvalue weighted by molar-refractivity contribution is 8.00. The lowest BCUT2D eigenvalue weighted by molar-refractivity contribution is -0.120. The highest BCUT2D eigenvalue weighted by Gasteiger charge is 2.26. The van der Waals surface area contributed by atoms with Crippen molar-refractivity contribution in [2.45, 2.75) is 49.9 Å². The molecule has 0 aromatic carbocycles. The van der Waals surface area contributed by atoms with Crippen molar-refractivity contribution in [3.63, 3.8) is 0 Å². The van der Waals surface area contributed by atoms with Crippen LogP contribution in [0.2, 0.25) is 0 Å². The lowest BCUT2D eigenvalue weighted by Crippen LogP contribution is -2.32. The maximum atomic E-state index is 11.9. The number of nitrogens with zero attached hydrogens (tertiary/aromatic N) is 4. The Morgan fingerprint density at radius 3 is 2.68 bits per heavy atom. The molecule has 2 aromatic rings. The first-order chi connectivity index (χ1) is 10.5. The fourth-order valence-electron chi connectivity index (χ4n) is 2.13. The van der Waals surface area contributed by atoms with E-state index in [4.69, 9.17) is 0 Å². The number of aromatic nitrogens is 4. The summed E-state index contributed by atoms with van der Waals surface area (Å²) in [6, 6.07) is 6.13. The van der Waals surface area contributed by atoms with Crippen LogP contribution in [-0.2, 0) is 4.79 Å². The second-order valence-corrected chi connectivity index (χ2v) is 6.97. The number of hydrogen-bond donors (Lipinski definition) is 1. The molecule has 7 heteroatoms. The van der Waals surface area contributed by atoms with E-state index in [1.54, 1.807) is 4.68 Å². The van der Waals surface area contributed by atoms with Crippen LogP contribution in [0.15, 0.2) is 23.2 Å². The molecule has 3 rings (SSSR count). The minimum Gasteiger partial charge on any atom is -0.352 e. The molecule has 0 saturated heterocycles. The van der Waals surface area contributed by atoms with Crippen LogP contribution in [-0.4, -0.2) is 37.2 Å². The first-order valence-electron chi connectivity index (χ1n) is 7.37. The van der Waals surface area contributed by atoms with Gasteiger partial charge in [0.15, 0.2) is 5.82 Å². The van der Waals surface area contributed by atoms with E-state index in [0.717, 1.165) is 29.3 Å². The maximum Gasteiger partial charge on any atom is 0.233 e. The molecule has 0 unspecified atom stereocenters. The van der Waals surface area contributed by atoms with E-state index in [9.17, 15) is 4.79 Å². The zero-order valence-corrected chi connectivity index (χ0v) is 13.7. The summed E-state index contributed by atoms with van der Waals surface area (Å²) in [5, 5.41) is 16.4. The largest absolute Gasteiger partial charge is 0.352 e.